The fraction of sp³-hybridized carbons (Fsp3) is 0.0294. The first-order chi connectivity index (χ1) is 34.7. The second-order valence-electron chi connectivity index (χ2n) is 19.0. The van der Waals surface area contributed by atoms with E-state index in [1.54, 1.807) is 0 Å². The minimum absolute atomic E-state index is 0.486. The summed E-state index contributed by atoms with van der Waals surface area (Å²) in [5.41, 5.74) is 24.4. The molecule has 0 fully saturated rings. The molecule has 0 radical (unpaired) electrons. The van der Waals surface area contributed by atoms with Gasteiger partial charge in [-0.3, -0.25) is 0 Å². The van der Waals surface area contributed by atoms with E-state index < -0.39 is 10.8 Å². The van der Waals surface area contributed by atoms with Crippen LogP contribution in [0.4, 0.5) is 17.1 Å². The number of benzene rings is 11. The summed E-state index contributed by atoms with van der Waals surface area (Å²) in [5.74, 6) is 0. The van der Waals surface area contributed by atoms with Crippen LogP contribution >= 0.6 is 0 Å². The molecule has 11 aromatic carbocycles. The van der Waals surface area contributed by atoms with Gasteiger partial charge in [0, 0.05) is 16.8 Å². The molecule has 326 valence electrons. The van der Waals surface area contributed by atoms with Gasteiger partial charge in [0.2, 0.25) is 0 Å². The lowest BCUT2D eigenvalue weighted by atomic mass is 9.52. The summed E-state index contributed by atoms with van der Waals surface area (Å²) < 4.78 is 6.53. The lowest BCUT2D eigenvalue weighted by molar-refractivity contribution is 0.633. The maximum Gasteiger partial charge on any atom is 0.137 e. The largest absolute Gasteiger partial charge is 0.456 e. The maximum absolute atomic E-state index is 6.53. The summed E-state index contributed by atoms with van der Waals surface area (Å²) in [6.45, 7) is 0. The zero-order valence-corrected chi connectivity index (χ0v) is 38.2. The Morgan fingerprint density at radius 1 is 0.286 bits per heavy atom. The number of rotatable bonds is 5. The van der Waals surface area contributed by atoms with Crippen LogP contribution in [-0.4, -0.2) is 0 Å². The quantitative estimate of drug-likeness (QED) is 0.171. The van der Waals surface area contributed by atoms with Crippen molar-refractivity contribution in [1.29, 1.82) is 0 Å². The van der Waals surface area contributed by atoms with Crippen molar-refractivity contribution in [3.8, 4) is 44.5 Å². The second kappa shape index (κ2) is 14.8. The van der Waals surface area contributed by atoms with Crippen molar-refractivity contribution in [1.82, 2.24) is 0 Å². The molecule has 2 heteroatoms. The number of hydrogen-bond donors (Lipinski definition) is 0. The average molecular weight is 890 g/mol. The van der Waals surface area contributed by atoms with Crippen molar-refractivity contribution < 1.29 is 4.42 Å². The van der Waals surface area contributed by atoms with Gasteiger partial charge in [0.25, 0.3) is 0 Å². The molecule has 0 bridgehead atoms. The first-order valence-corrected chi connectivity index (χ1v) is 24.3. The van der Waals surface area contributed by atoms with E-state index >= 15 is 0 Å². The fourth-order valence-electron chi connectivity index (χ4n) is 13.2. The molecule has 1 aromatic heterocycles. The highest BCUT2D eigenvalue weighted by atomic mass is 16.3. The minimum Gasteiger partial charge on any atom is -0.456 e. The van der Waals surface area contributed by atoms with Gasteiger partial charge in [0.05, 0.1) is 21.9 Å². The van der Waals surface area contributed by atoms with Crippen LogP contribution in [0.3, 0.4) is 0 Å². The summed E-state index contributed by atoms with van der Waals surface area (Å²) in [6, 6.07) is 96.8. The number of furan rings is 1. The zero-order chi connectivity index (χ0) is 46.0. The number of para-hydroxylation sites is 1. The molecule has 2 nitrogen and oxygen atoms in total. The zero-order valence-electron chi connectivity index (χ0n) is 38.2. The lowest BCUT2D eigenvalue weighted by Gasteiger charge is -2.48. The summed E-state index contributed by atoms with van der Waals surface area (Å²) in [4.78, 5) is 2.42. The Labute approximate surface area is 407 Å². The monoisotopic (exact) mass is 889 g/mol. The van der Waals surface area contributed by atoms with E-state index in [1.165, 1.54) is 77.9 Å². The lowest BCUT2D eigenvalue weighted by Crippen LogP contribution is -2.43. The first-order valence-electron chi connectivity index (χ1n) is 24.3. The highest BCUT2D eigenvalue weighted by molar-refractivity contribution is 6.13. The Balaban J connectivity index is 0.976. The molecular formula is C68H43NO. The molecule has 12 aromatic rings. The first kappa shape index (κ1) is 39.1. The van der Waals surface area contributed by atoms with Gasteiger partial charge in [-0.25, -0.2) is 0 Å². The Kier molecular flexibility index (Phi) is 8.24. The molecule has 70 heavy (non-hydrogen) atoms. The van der Waals surface area contributed by atoms with Gasteiger partial charge in [0.1, 0.15) is 11.2 Å². The van der Waals surface area contributed by atoms with Gasteiger partial charge in [-0.15, -0.1) is 0 Å². The van der Waals surface area contributed by atoms with Gasteiger partial charge in [-0.2, -0.15) is 0 Å². The molecule has 1 heterocycles. The Morgan fingerprint density at radius 3 is 1.37 bits per heavy atom. The summed E-state index contributed by atoms with van der Waals surface area (Å²) in [7, 11) is 0. The normalized spacial score (nSPS) is 13.9. The van der Waals surface area contributed by atoms with Crippen molar-refractivity contribution in [3.05, 3.63) is 305 Å². The second-order valence-corrected chi connectivity index (χ2v) is 19.0. The van der Waals surface area contributed by atoms with Crippen LogP contribution in [0, 0.1) is 0 Å². The van der Waals surface area contributed by atoms with Crippen LogP contribution in [0.15, 0.2) is 265 Å². The Morgan fingerprint density at radius 2 is 0.714 bits per heavy atom. The molecule has 3 aliphatic rings. The van der Waals surface area contributed by atoms with E-state index in [0.29, 0.717) is 0 Å². The van der Waals surface area contributed by atoms with E-state index in [4.69, 9.17) is 4.42 Å². The highest BCUT2D eigenvalue weighted by Gasteiger charge is 2.59. The minimum atomic E-state index is -0.577. The Hall–Kier alpha value is -8.98. The number of nitrogens with zero attached hydrogens (tertiary/aromatic N) is 1. The van der Waals surface area contributed by atoms with Crippen molar-refractivity contribution in [3.63, 3.8) is 0 Å². The molecule has 15 rings (SSSR count). The van der Waals surface area contributed by atoms with Crippen molar-refractivity contribution in [2.45, 2.75) is 10.8 Å². The smallest absolute Gasteiger partial charge is 0.137 e. The van der Waals surface area contributed by atoms with Gasteiger partial charge < -0.3 is 9.32 Å². The molecule has 2 spiro atoms. The van der Waals surface area contributed by atoms with Crippen LogP contribution in [0.1, 0.15) is 44.5 Å². The number of fused-ring (bicyclic) bond motifs is 19. The molecule has 3 aliphatic carbocycles. The van der Waals surface area contributed by atoms with Crippen molar-refractivity contribution in [2.75, 3.05) is 4.90 Å². The van der Waals surface area contributed by atoms with Crippen molar-refractivity contribution >= 4 is 39.0 Å². The van der Waals surface area contributed by atoms with E-state index in [1.807, 2.05) is 6.07 Å². The molecule has 0 atom stereocenters. The highest BCUT2D eigenvalue weighted by Crippen LogP contribution is 2.68. The summed E-state index contributed by atoms with van der Waals surface area (Å²) >= 11 is 0. The Bertz CT molecular complexity index is 4000. The third-order valence-electron chi connectivity index (χ3n) is 15.7. The third kappa shape index (κ3) is 5.12. The predicted octanol–water partition coefficient (Wildman–Crippen LogP) is 17.4. The molecule has 0 unspecified atom stereocenters. The van der Waals surface area contributed by atoms with Gasteiger partial charge in [0.15, 0.2) is 0 Å². The molecule has 0 saturated carbocycles. The molecule has 0 amide bonds. The van der Waals surface area contributed by atoms with Crippen LogP contribution < -0.4 is 4.90 Å². The fourth-order valence-corrected chi connectivity index (χ4v) is 13.2. The SMILES string of the molecule is c1ccc(-c2cccc(N(c3cccc(-c4cccc5c4-c4ccccc4C54c5ccccc5C5(c6ccccc6-c6ccccc65)c5ccccc54)c3)c3cccc4oc5ccccc5c34)c2)cc1. The van der Waals surface area contributed by atoms with Gasteiger partial charge in [-0.05, 0) is 131 Å². The maximum atomic E-state index is 6.53. The van der Waals surface area contributed by atoms with Crippen LogP contribution in [-0.2, 0) is 10.8 Å². The number of anilines is 3. The standard InChI is InChI=1S/C68H43NO/c1-2-20-44(21-3-1)45-22-16-24-47(42-45)69(62-39-19-41-64-66(62)53-29-7-15-40-63(53)70-64)48-25-17-23-46(43-48)49-30-18-38-61-65(49)52-28-6-10-33-56(52)68(61)59-36-13-11-34-57(59)67(58-35-12-14-37-60(58)68)54-31-8-4-26-50(54)51-27-5-9-32-55(51)67/h1-43H. The number of hydrogen-bond acceptors (Lipinski definition) is 2. The molecular weight excluding hydrogens is 847 g/mol. The van der Waals surface area contributed by atoms with Crippen LogP contribution in [0.25, 0.3) is 66.4 Å². The van der Waals surface area contributed by atoms with Crippen LogP contribution in [0.2, 0.25) is 0 Å². The van der Waals surface area contributed by atoms with E-state index in [9.17, 15) is 0 Å². The molecule has 0 aliphatic heterocycles. The topological polar surface area (TPSA) is 16.4 Å². The third-order valence-corrected chi connectivity index (χ3v) is 15.7. The molecule has 0 saturated heterocycles. The van der Waals surface area contributed by atoms with Gasteiger partial charge >= 0.3 is 0 Å². The predicted molar refractivity (Wildman–Crippen MR) is 287 cm³/mol. The van der Waals surface area contributed by atoms with Crippen LogP contribution in [0.5, 0.6) is 0 Å². The van der Waals surface area contributed by atoms with E-state index in [2.05, 4.69) is 260 Å². The summed E-state index contributed by atoms with van der Waals surface area (Å²) in [5, 5.41) is 2.18. The summed E-state index contributed by atoms with van der Waals surface area (Å²) in [6.07, 6.45) is 0. The molecule has 0 N–H and O–H groups in total. The average Bonchev–Trinajstić information content (AvgIpc) is 4.08. The van der Waals surface area contributed by atoms with Crippen molar-refractivity contribution in [2.24, 2.45) is 0 Å². The van der Waals surface area contributed by atoms with E-state index in [-0.39, 0.29) is 0 Å². The van der Waals surface area contributed by atoms with Gasteiger partial charge in [-0.1, -0.05) is 218 Å². The van der Waals surface area contributed by atoms with E-state index in [0.717, 1.165) is 50.1 Å².